The monoisotopic (exact) mass is 311 g/mol. The van der Waals surface area contributed by atoms with Crippen molar-refractivity contribution in [2.75, 3.05) is 11.9 Å². The quantitative estimate of drug-likeness (QED) is 0.946. The molecule has 0 aliphatic heterocycles. The van der Waals surface area contributed by atoms with E-state index in [4.69, 9.17) is 0 Å². The van der Waals surface area contributed by atoms with Crippen LogP contribution in [-0.2, 0) is 6.54 Å². The zero-order valence-corrected chi connectivity index (χ0v) is 11.2. The molecule has 1 heterocycles. The summed E-state index contributed by atoms with van der Waals surface area (Å²) in [5, 5.41) is 0. The van der Waals surface area contributed by atoms with Crippen LogP contribution in [-0.4, -0.2) is 17.0 Å². The van der Waals surface area contributed by atoms with Crippen LogP contribution in [0.5, 0.6) is 0 Å². The number of hydrogen-bond acceptors (Lipinski definition) is 3. The fourth-order valence-electron chi connectivity index (χ4n) is 1.58. The molecule has 0 atom stereocenters. The van der Waals surface area contributed by atoms with E-state index in [1.54, 1.807) is 12.1 Å². The SMILES string of the molecule is CN(Cc1ccc(F)cc1)c1nc[nH]c(=O)c1Br. The molecule has 1 N–H and O–H groups in total. The third kappa shape index (κ3) is 2.76. The van der Waals surface area contributed by atoms with Gasteiger partial charge in [-0.3, -0.25) is 4.79 Å². The highest BCUT2D eigenvalue weighted by Crippen LogP contribution is 2.19. The Morgan fingerprint density at radius 3 is 2.72 bits per heavy atom. The van der Waals surface area contributed by atoms with E-state index in [0.29, 0.717) is 16.8 Å². The van der Waals surface area contributed by atoms with Crippen LogP contribution >= 0.6 is 15.9 Å². The van der Waals surface area contributed by atoms with Crippen LogP contribution in [0.3, 0.4) is 0 Å². The predicted molar refractivity (Wildman–Crippen MR) is 71.1 cm³/mol. The zero-order chi connectivity index (χ0) is 13.1. The lowest BCUT2D eigenvalue weighted by Crippen LogP contribution is -2.21. The zero-order valence-electron chi connectivity index (χ0n) is 9.65. The Labute approximate surface area is 112 Å². The largest absolute Gasteiger partial charge is 0.354 e. The summed E-state index contributed by atoms with van der Waals surface area (Å²) in [6, 6.07) is 6.21. The van der Waals surface area contributed by atoms with Gasteiger partial charge >= 0.3 is 0 Å². The topological polar surface area (TPSA) is 49.0 Å². The molecule has 2 rings (SSSR count). The molecule has 1 aromatic heterocycles. The number of aromatic amines is 1. The number of halogens is 2. The van der Waals surface area contributed by atoms with Crippen molar-refractivity contribution in [3.05, 3.63) is 56.8 Å². The fourth-order valence-corrected chi connectivity index (χ4v) is 2.10. The van der Waals surface area contributed by atoms with Crippen molar-refractivity contribution in [2.45, 2.75) is 6.54 Å². The predicted octanol–water partition coefficient (Wildman–Crippen LogP) is 2.31. The van der Waals surface area contributed by atoms with Gasteiger partial charge in [-0.1, -0.05) is 12.1 Å². The Balaban J connectivity index is 2.22. The van der Waals surface area contributed by atoms with Gasteiger partial charge in [-0.2, -0.15) is 0 Å². The van der Waals surface area contributed by atoms with Crippen LogP contribution in [0.1, 0.15) is 5.56 Å². The smallest absolute Gasteiger partial charge is 0.267 e. The molecule has 0 fully saturated rings. The first-order valence-corrected chi connectivity index (χ1v) is 6.06. The molecular formula is C12H11BrFN3O. The summed E-state index contributed by atoms with van der Waals surface area (Å²) in [7, 11) is 1.82. The molecule has 0 saturated carbocycles. The van der Waals surface area contributed by atoms with E-state index in [0.717, 1.165) is 5.56 Å². The van der Waals surface area contributed by atoms with Crippen molar-refractivity contribution in [1.29, 1.82) is 0 Å². The second kappa shape index (κ2) is 5.30. The van der Waals surface area contributed by atoms with E-state index in [-0.39, 0.29) is 11.4 Å². The normalized spacial score (nSPS) is 10.4. The van der Waals surface area contributed by atoms with Gasteiger partial charge < -0.3 is 9.88 Å². The Bertz CT molecular complexity index is 597. The minimum Gasteiger partial charge on any atom is -0.354 e. The summed E-state index contributed by atoms with van der Waals surface area (Å²) in [5.74, 6) is 0.278. The molecule has 0 radical (unpaired) electrons. The van der Waals surface area contributed by atoms with Crippen LogP contribution in [0.4, 0.5) is 10.2 Å². The molecule has 0 aliphatic carbocycles. The van der Waals surface area contributed by atoms with Gasteiger partial charge in [0, 0.05) is 13.6 Å². The summed E-state index contributed by atoms with van der Waals surface area (Å²) in [4.78, 5) is 19.8. The van der Waals surface area contributed by atoms with Gasteiger partial charge in [-0.25, -0.2) is 9.37 Å². The van der Waals surface area contributed by atoms with Crippen molar-refractivity contribution in [2.24, 2.45) is 0 Å². The number of aromatic nitrogens is 2. The second-order valence-electron chi connectivity index (χ2n) is 3.85. The Hall–Kier alpha value is -1.69. The molecule has 1 aromatic carbocycles. The Kier molecular flexibility index (Phi) is 3.76. The number of nitrogens with zero attached hydrogens (tertiary/aromatic N) is 2. The number of benzene rings is 1. The summed E-state index contributed by atoms with van der Waals surface area (Å²) in [6.45, 7) is 0.537. The lowest BCUT2D eigenvalue weighted by atomic mass is 10.2. The average molecular weight is 312 g/mol. The van der Waals surface area contributed by atoms with Crippen molar-refractivity contribution < 1.29 is 4.39 Å². The molecule has 2 aromatic rings. The van der Waals surface area contributed by atoms with E-state index < -0.39 is 0 Å². The number of rotatable bonds is 3. The van der Waals surface area contributed by atoms with Gasteiger partial charge in [0.25, 0.3) is 5.56 Å². The molecule has 4 nitrogen and oxygen atoms in total. The second-order valence-corrected chi connectivity index (χ2v) is 4.64. The molecule has 0 amide bonds. The van der Waals surface area contributed by atoms with Crippen LogP contribution in [0.2, 0.25) is 0 Å². The minimum absolute atomic E-state index is 0.231. The lowest BCUT2D eigenvalue weighted by Gasteiger charge is -2.18. The highest BCUT2D eigenvalue weighted by Gasteiger charge is 2.10. The molecule has 0 bridgehead atoms. The van der Waals surface area contributed by atoms with Gasteiger partial charge in [0.15, 0.2) is 0 Å². The van der Waals surface area contributed by atoms with E-state index in [1.165, 1.54) is 18.5 Å². The van der Waals surface area contributed by atoms with Crippen LogP contribution < -0.4 is 10.5 Å². The first-order chi connectivity index (χ1) is 8.58. The molecule has 0 aliphatic rings. The number of H-pyrrole nitrogens is 1. The third-order valence-electron chi connectivity index (χ3n) is 2.47. The fraction of sp³-hybridized carbons (Fsp3) is 0.167. The molecular weight excluding hydrogens is 301 g/mol. The molecule has 6 heteroatoms. The number of hydrogen-bond donors (Lipinski definition) is 1. The van der Waals surface area contributed by atoms with E-state index >= 15 is 0 Å². The van der Waals surface area contributed by atoms with E-state index in [1.807, 2.05) is 11.9 Å². The third-order valence-corrected chi connectivity index (χ3v) is 3.19. The maximum Gasteiger partial charge on any atom is 0.267 e. The first kappa shape index (κ1) is 12.8. The van der Waals surface area contributed by atoms with E-state index in [2.05, 4.69) is 25.9 Å². The highest BCUT2D eigenvalue weighted by atomic mass is 79.9. The van der Waals surface area contributed by atoms with Gasteiger partial charge in [0.05, 0.1) is 6.33 Å². The lowest BCUT2D eigenvalue weighted by molar-refractivity contribution is 0.627. The van der Waals surface area contributed by atoms with Crippen molar-refractivity contribution in [3.8, 4) is 0 Å². The van der Waals surface area contributed by atoms with Gasteiger partial charge in [-0.15, -0.1) is 0 Å². The van der Waals surface area contributed by atoms with E-state index in [9.17, 15) is 9.18 Å². The van der Waals surface area contributed by atoms with Crippen LogP contribution in [0.15, 0.2) is 39.9 Å². The average Bonchev–Trinajstić information content (AvgIpc) is 2.35. The summed E-state index contributed by atoms with van der Waals surface area (Å²) >= 11 is 3.20. The highest BCUT2D eigenvalue weighted by molar-refractivity contribution is 9.10. The van der Waals surface area contributed by atoms with Crippen molar-refractivity contribution >= 4 is 21.7 Å². The molecule has 18 heavy (non-hydrogen) atoms. The minimum atomic E-state index is -0.267. The summed E-state index contributed by atoms with van der Waals surface area (Å²) in [5.41, 5.74) is 0.707. The van der Waals surface area contributed by atoms with Gasteiger partial charge in [0.2, 0.25) is 0 Å². The first-order valence-electron chi connectivity index (χ1n) is 5.26. The number of nitrogens with one attached hydrogen (secondary N) is 1. The van der Waals surface area contributed by atoms with Gasteiger partial charge in [0.1, 0.15) is 16.1 Å². The van der Waals surface area contributed by atoms with Crippen LogP contribution in [0, 0.1) is 5.82 Å². The Morgan fingerprint density at radius 1 is 1.39 bits per heavy atom. The standard InChI is InChI=1S/C12H11BrFN3O/c1-17(6-8-2-4-9(14)5-3-8)11-10(13)12(18)16-7-15-11/h2-5,7H,6H2,1H3,(H,15,16,18). The maximum atomic E-state index is 12.8. The Morgan fingerprint density at radius 2 is 2.06 bits per heavy atom. The maximum absolute atomic E-state index is 12.8. The summed E-state index contributed by atoms with van der Waals surface area (Å²) < 4.78 is 13.2. The van der Waals surface area contributed by atoms with Crippen molar-refractivity contribution in [1.82, 2.24) is 9.97 Å². The van der Waals surface area contributed by atoms with Crippen molar-refractivity contribution in [3.63, 3.8) is 0 Å². The number of anilines is 1. The molecule has 0 spiro atoms. The summed E-state index contributed by atoms with van der Waals surface area (Å²) in [6.07, 6.45) is 1.35. The van der Waals surface area contributed by atoms with Gasteiger partial charge in [-0.05, 0) is 33.6 Å². The molecule has 0 saturated heterocycles. The molecule has 94 valence electrons. The van der Waals surface area contributed by atoms with Crippen LogP contribution in [0.25, 0.3) is 0 Å². The molecule has 0 unspecified atom stereocenters.